The van der Waals surface area contributed by atoms with Gasteiger partial charge in [0.25, 0.3) is 0 Å². The highest BCUT2D eigenvalue weighted by atomic mass is 32.2. The quantitative estimate of drug-likeness (QED) is 0.393. The second kappa shape index (κ2) is 10.7. The van der Waals surface area contributed by atoms with Crippen molar-refractivity contribution in [1.29, 1.82) is 0 Å². The van der Waals surface area contributed by atoms with Gasteiger partial charge in [-0.15, -0.1) is 10.2 Å². The van der Waals surface area contributed by atoms with Crippen molar-refractivity contribution < 1.29 is 31.4 Å². The molecule has 1 saturated carbocycles. The number of aromatic nitrogens is 7. The first-order chi connectivity index (χ1) is 18.0. The molecule has 1 N–H and O–H groups in total. The molecule has 16 heteroatoms. The zero-order valence-corrected chi connectivity index (χ0v) is 22.2. The first-order valence-electron chi connectivity index (χ1n) is 11.6. The van der Waals surface area contributed by atoms with Crippen molar-refractivity contribution >= 4 is 16.0 Å². The second-order valence-corrected chi connectivity index (χ2v) is 10.9. The molecule has 0 bridgehead atoms. The molecule has 1 aliphatic rings. The van der Waals surface area contributed by atoms with E-state index in [2.05, 4.69) is 34.9 Å². The minimum atomic E-state index is -4.23. The molecule has 0 aliphatic heterocycles. The molecule has 3 atom stereocenters. The van der Waals surface area contributed by atoms with Gasteiger partial charge in [-0.3, -0.25) is 9.29 Å². The van der Waals surface area contributed by atoms with Gasteiger partial charge in [-0.1, -0.05) is 0 Å². The van der Waals surface area contributed by atoms with Gasteiger partial charge in [0, 0.05) is 38.3 Å². The molecular formula is C22H28F2N8O5S. The fourth-order valence-corrected chi connectivity index (χ4v) is 5.43. The van der Waals surface area contributed by atoms with Crippen molar-refractivity contribution in [3.05, 3.63) is 35.9 Å². The maximum atomic E-state index is 14.1. The summed E-state index contributed by atoms with van der Waals surface area (Å²) in [5, 5.41) is 6.91. The zero-order valence-electron chi connectivity index (χ0n) is 21.4. The summed E-state index contributed by atoms with van der Waals surface area (Å²) < 4.78 is 75.1. The van der Waals surface area contributed by atoms with Crippen molar-refractivity contribution in [2.45, 2.75) is 56.3 Å². The molecule has 206 valence electrons. The zero-order chi connectivity index (χ0) is 27.7. The highest BCUT2D eigenvalue weighted by Gasteiger charge is 2.43. The molecule has 3 aromatic heterocycles. The van der Waals surface area contributed by atoms with Crippen LogP contribution in [0.2, 0.25) is 0 Å². The summed E-state index contributed by atoms with van der Waals surface area (Å²) in [6.45, 7) is 3.22. The van der Waals surface area contributed by atoms with Crippen molar-refractivity contribution in [2.75, 3.05) is 26.1 Å². The maximum absolute atomic E-state index is 14.1. The summed E-state index contributed by atoms with van der Waals surface area (Å²) in [7, 11) is -0.204. The van der Waals surface area contributed by atoms with Crippen LogP contribution in [0.1, 0.15) is 55.4 Å². The Labute approximate surface area is 218 Å². The number of sulfonamides is 1. The highest BCUT2D eigenvalue weighted by molar-refractivity contribution is 7.93. The number of ether oxygens (including phenoxy) is 3. The lowest BCUT2D eigenvalue weighted by Gasteiger charge is -2.23. The number of aryl methyl sites for hydroxylation is 1. The van der Waals surface area contributed by atoms with Gasteiger partial charge in [-0.05, 0) is 25.8 Å². The van der Waals surface area contributed by atoms with Crippen LogP contribution in [0.5, 0.6) is 11.8 Å². The van der Waals surface area contributed by atoms with E-state index < -0.39 is 39.6 Å². The van der Waals surface area contributed by atoms with E-state index in [1.807, 2.05) is 0 Å². The Hall–Kier alpha value is -3.53. The lowest BCUT2D eigenvalue weighted by Crippen LogP contribution is -2.33. The van der Waals surface area contributed by atoms with Crippen LogP contribution in [-0.4, -0.2) is 75.6 Å². The Morgan fingerprint density at radius 2 is 1.71 bits per heavy atom. The molecule has 0 saturated heterocycles. The molecule has 13 nitrogen and oxygen atoms in total. The van der Waals surface area contributed by atoms with Crippen LogP contribution in [0.25, 0.3) is 5.69 Å². The molecule has 38 heavy (non-hydrogen) atoms. The fourth-order valence-electron chi connectivity index (χ4n) is 4.29. The summed E-state index contributed by atoms with van der Waals surface area (Å²) >= 11 is 0. The first kappa shape index (κ1) is 27.5. The third-order valence-electron chi connectivity index (χ3n) is 6.28. The average molecular weight is 555 g/mol. The molecule has 0 amide bonds. The third-order valence-corrected chi connectivity index (χ3v) is 7.97. The largest absolute Gasteiger partial charge is 0.479 e. The van der Waals surface area contributed by atoms with Crippen LogP contribution in [0, 0.1) is 6.92 Å². The van der Waals surface area contributed by atoms with Crippen molar-refractivity contribution in [2.24, 2.45) is 0 Å². The van der Waals surface area contributed by atoms with Gasteiger partial charge in [0.1, 0.15) is 23.5 Å². The Bertz CT molecular complexity index is 1360. The summed E-state index contributed by atoms with van der Waals surface area (Å²) in [6.07, 6.45) is 2.55. The van der Waals surface area contributed by atoms with Gasteiger partial charge in [-0.25, -0.2) is 27.2 Å². The van der Waals surface area contributed by atoms with E-state index in [1.165, 1.54) is 39.1 Å². The van der Waals surface area contributed by atoms with Crippen LogP contribution < -0.4 is 14.2 Å². The molecule has 0 spiro atoms. The van der Waals surface area contributed by atoms with Gasteiger partial charge in [-0.2, -0.15) is 9.97 Å². The number of nitrogens with zero attached hydrogens (tertiary/aromatic N) is 7. The third kappa shape index (κ3) is 5.36. The van der Waals surface area contributed by atoms with E-state index in [-0.39, 0.29) is 47.9 Å². The lowest BCUT2D eigenvalue weighted by molar-refractivity contribution is 0.00749. The minimum absolute atomic E-state index is 0.000947. The molecule has 1 fully saturated rings. The van der Waals surface area contributed by atoms with Crippen molar-refractivity contribution in [1.82, 2.24) is 34.7 Å². The van der Waals surface area contributed by atoms with Crippen molar-refractivity contribution in [3.63, 3.8) is 0 Å². The summed E-state index contributed by atoms with van der Waals surface area (Å²) in [5.74, 6) is -3.65. The molecule has 4 rings (SSSR count). The standard InChI is InChI=1S/C22H28F2N8O5S/c1-12-9-25-17(26-10-12)16(35-3)13(2)38(33,34)31-21-30-29-18(14-6-7-22(23,24)8-14)32(21)15-19(36-4)27-11-28-20(15)37-5/h9-11,13-14,16H,6-8H2,1-5H3,(H,30,31)/t13-,14+,16-/m0/s1. The van der Waals surface area contributed by atoms with Gasteiger partial charge in [0.05, 0.1) is 14.2 Å². The normalized spacial score (nSPS) is 18.7. The average Bonchev–Trinajstić information content (AvgIpc) is 3.46. The number of nitrogens with one attached hydrogen (secondary N) is 1. The van der Waals surface area contributed by atoms with Gasteiger partial charge in [0.15, 0.2) is 11.5 Å². The number of hydrogen-bond donors (Lipinski definition) is 1. The monoisotopic (exact) mass is 554 g/mol. The van der Waals surface area contributed by atoms with E-state index in [4.69, 9.17) is 14.2 Å². The number of halogens is 2. The van der Waals surface area contributed by atoms with Crippen LogP contribution in [-0.2, 0) is 14.8 Å². The van der Waals surface area contributed by atoms with E-state index in [9.17, 15) is 17.2 Å². The predicted octanol–water partition coefficient (Wildman–Crippen LogP) is 2.59. The number of hydrogen-bond acceptors (Lipinski definition) is 11. The second-order valence-electron chi connectivity index (χ2n) is 8.88. The van der Waals surface area contributed by atoms with Crippen LogP contribution in [0.4, 0.5) is 14.7 Å². The molecule has 1 aliphatic carbocycles. The van der Waals surface area contributed by atoms with Gasteiger partial charge >= 0.3 is 0 Å². The first-order valence-corrected chi connectivity index (χ1v) is 13.2. The molecule has 0 radical (unpaired) electrons. The fraction of sp³-hybridized carbons (Fsp3) is 0.545. The molecule has 0 aromatic carbocycles. The smallest absolute Gasteiger partial charge is 0.248 e. The Morgan fingerprint density at radius 3 is 2.24 bits per heavy atom. The van der Waals surface area contributed by atoms with E-state index in [1.54, 1.807) is 19.3 Å². The molecular weight excluding hydrogens is 526 g/mol. The van der Waals surface area contributed by atoms with E-state index >= 15 is 0 Å². The van der Waals surface area contributed by atoms with Gasteiger partial charge in [0.2, 0.25) is 33.7 Å². The lowest BCUT2D eigenvalue weighted by atomic mass is 10.1. The van der Waals surface area contributed by atoms with E-state index in [0.29, 0.717) is 0 Å². The predicted molar refractivity (Wildman–Crippen MR) is 130 cm³/mol. The Balaban J connectivity index is 1.79. The summed E-state index contributed by atoms with van der Waals surface area (Å²) in [6, 6.07) is 0. The highest BCUT2D eigenvalue weighted by Crippen LogP contribution is 2.45. The van der Waals surface area contributed by atoms with Crippen LogP contribution >= 0.6 is 0 Å². The number of rotatable bonds is 10. The SMILES string of the molecule is COc1ncnc(OC)c1-n1c(NS(=O)(=O)[C@@H](C)[C@H](OC)c2ncc(C)cn2)nnc1[C@@H]1CCC(F)(F)C1. The minimum Gasteiger partial charge on any atom is -0.479 e. The number of anilines is 1. The van der Waals surface area contributed by atoms with Crippen LogP contribution in [0.15, 0.2) is 18.7 Å². The Morgan fingerprint density at radius 1 is 1.08 bits per heavy atom. The molecule has 3 heterocycles. The topological polar surface area (TPSA) is 156 Å². The van der Waals surface area contributed by atoms with Gasteiger partial charge < -0.3 is 14.2 Å². The molecule has 0 unspecified atom stereocenters. The molecule has 3 aromatic rings. The summed E-state index contributed by atoms with van der Waals surface area (Å²) in [5.41, 5.74) is 0.853. The number of methoxy groups -OCH3 is 3. The summed E-state index contributed by atoms with van der Waals surface area (Å²) in [4.78, 5) is 16.5. The Kier molecular flexibility index (Phi) is 7.73. The van der Waals surface area contributed by atoms with E-state index in [0.717, 1.165) is 5.56 Å². The maximum Gasteiger partial charge on any atom is 0.248 e. The van der Waals surface area contributed by atoms with Crippen LogP contribution in [0.3, 0.4) is 0 Å². The number of alkyl halides is 2. The van der Waals surface area contributed by atoms with Crippen molar-refractivity contribution in [3.8, 4) is 17.4 Å².